The van der Waals surface area contributed by atoms with Gasteiger partial charge in [0.25, 0.3) is 0 Å². The van der Waals surface area contributed by atoms with Crippen molar-refractivity contribution in [2.45, 2.75) is 67.0 Å². The first kappa shape index (κ1) is 22.3. The molecule has 0 atom stereocenters. The second-order valence-electron chi connectivity index (χ2n) is 9.97. The Morgan fingerprint density at radius 3 is 0.964 bits per heavy atom. The Hall–Kier alpha value is -2.01. The highest BCUT2D eigenvalue weighted by Gasteiger charge is 2.12. The summed E-state index contributed by atoms with van der Waals surface area (Å²) in [5.41, 5.74) is 17.0. The van der Waals surface area contributed by atoms with Crippen LogP contribution < -0.4 is 0 Å². The van der Waals surface area contributed by atoms with Crippen molar-refractivity contribution in [1.29, 1.82) is 0 Å². The first-order valence-corrected chi connectivity index (χ1v) is 17.1. The zero-order valence-electron chi connectivity index (χ0n) is 19.3. The maximum absolute atomic E-state index is 3.51. The third-order valence-electron chi connectivity index (χ3n) is 4.52. The Labute approximate surface area is 174 Å². The number of hydrogen-bond donors (Lipinski definition) is 0. The SMILES string of the molecule is Cc1cc(-c2cc(C)c(C#C[Si](C)(C)C)c(C)c2)cc(C)c1C#C[Si](C)(C)C. The molecule has 0 spiro atoms. The van der Waals surface area contributed by atoms with E-state index in [2.05, 4.69) is 114 Å². The Bertz CT molecular complexity index is 889. The van der Waals surface area contributed by atoms with E-state index in [9.17, 15) is 0 Å². The first-order chi connectivity index (χ1) is 12.8. The van der Waals surface area contributed by atoms with Crippen LogP contribution in [0.15, 0.2) is 24.3 Å². The lowest BCUT2D eigenvalue weighted by atomic mass is 9.92. The van der Waals surface area contributed by atoms with Crippen molar-refractivity contribution in [3.8, 4) is 34.1 Å². The van der Waals surface area contributed by atoms with Crippen molar-refractivity contribution in [2.24, 2.45) is 0 Å². The van der Waals surface area contributed by atoms with Crippen LogP contribution in [0.25, 0.3) is 11.1 Å². The van der Waals surface area contributed by atoms with E-state index in [4.69, 9.17) is 0 Å². The van der Waals surface area contributed by atoms with Crippen LogP contribution in [0.1, 0.15) is 33.4 Å². The average Bonchev–Trinajstić information content (AvgIpc) is 2.50. The van der Waals surface area contributed by atoms with Gasteiger partial charge in [0, 0.05) is 11.1 Å². The fourth-order valence-corrected chi connectivity index (χ4v) is 4.15. The van der Waals surface area contributed by atoms with Gasteiger partial charge < -0.3 is 0 Å². The molecular formula is C26H34Si2. The molecule has 0 saturated carbocycles. The molecule has 0 unspecified atom stereocenters. The van der Waals surface area contributed by atoms with Gasteiger partial charge in [0.2, 0.25) is 0 Å². The molecule has 28 heavy (non-hydrogen) atoms. The van der Waals surface area contributed by atoms with E-state index in [0.29, 0.717) is 0 Å². The Balaban J connectivity index is 2.51. The Morgan fingerprint density at radius 1 is 0.500 bits per heavy atom. The molecule has 0 N–H and O–H groups in total. The summed E-state index contributed by atoms with van der Waals surface area (Å²) in [7, 11) is -2.75. The van der Waals surface area contributed by atoms with Crippen LogP contribution in [-0.2, 0) is 0 Å². The van der Waals surface area contributed by atoms with E-state index >= 15 is 0 Å². The molecule has 0 aliphatic rings. The summed E-state index contributed by atoms with van der Waals surface area (Å²) in [5, 5.41) is 0. The summed E-state index contributed by atoms with van der Waals surface area (Å²) in [6.45, 7) is 22.4. The molecule has 0 fully saturated rings. The number of aryl methyl sites for hydroxylation is 4. The lowest BCUT2D eigenvalue weighted by Gasteiger charge is -2.13. The highest BCUT2D eigenvalue weighted by atomic mass is 28.3. The lowest BCUT2D eigenvalue weighted by Crippen LogP contribution is -2.16. The molecule has 0 saturated heterocycles. The highest BCUT2D eigenvalue weighted by molar-refractivity contribution is 6.84. The third kappa shape index (κ3) is 6.00. The van der Waals surface area contributed by atoms with Crippen molar-refractivity contribution in [1.82, 2.24) is 0 Å². The molecule has 0 aliphatic carbocycles. The van der Waals surface area contributed by atoms with Crippen LogP contribution in [0.2, 0.25) is 39.3 Å². The minimum absolute atomic E-state index is 1.19. The number of rotatable bonds is 1. The Kier molecular flexibility index (Phi) is 6.49. The van der Waals surface area contributed by atoms with E-state index in [-0.39, 0.29) is 0 Å². The summed E-state index contributed by atoms with van der Waals surface area (Å²) < 4.78 is 0. The van der Waals surface area contributed by atoms with Crippen LogP contribution in [0.3, 0.4) is 0 Å². The molecule has 0 radical (unpaired) electrons. The van der Waals surface area contributed by atoms with Crippen molar-refractivity contribution >= 4 is 16.1 Å². The van der Waals surface area contributed by atoms with Crippen LogP contribution >= 0.6 is 0 Å². The van der Waals surface area contributed by atoms with Crippen LogP contribution in [-0.4, -0.2) is 16.1 Å². The smallest absolute Gasteiger partial charge is 0.127 e. The number of benzene rings is 2. The quantitative estimate of drug-likeness (QED) is 0.354. The summed E-state index contributed by atoms with van der Waals surface area (Å²) in [5.74, 6) is 6.92. The topological polar surface area (TPSA) is 0 Å². The number of hydrogen-bond acceptors (Lipinski definition) is 0. The predicted octanol–water partition coefficient (Wildman–Crippen LogP) is 7.05. The van der Waals surface area contributed by atoms with Crippen molar-refractivity contribution in [3.63, 3.8) is 0 Å². The van der Waals surface area contributed by atoms with Gasteiger partial charge in [-0.15, -0.1) is 11.1 Å². The molecule has 2 heteroatoms. The van der Waals surface area contributed by atoms with Gasteiger partial charge in [0.15, 0.2) is 0 Å². The minimum Gasteiger partial charge on any atom is -0.127 e. The molecule has 146 valence electrons. The molecule has 0 bridgehead atoms. The fourth-order valence-electron chi connectivity index (χ4n) is 3.15. The zero-order valence-corrected chi connectivity index (χ0v) is 21.3. The monoisotopic (exact) mass is 402 g/mol. The van der Waals surface area contributed by atoms with Gasteiger partial charge in [-0.05, 0) is 61.1 Å². The van der Waals surface area contributed by atoms with Gasteiger partial charge in [0.1, 0.15) is 16.1 Å². The van der Waals surface area contributed by atoms with Crippen LogP contribution in [0.4, 0.5) is 0 Å². The fraction of sp³-hybridized carbons (Fsp3) is 0.385. The predicted molar refractivity (Wildman–Crippen MR) is 131 cm³/mol. The van der Waals surface area contributed by atoms with Gasteiger partial charge in [-0.2, -0.15) is 0 Å². The summed E-state index contributed by atoms with van der Waals surface area (Å²) in [4.78, 5) is 0. The highest BCUT2D eigenvalue weighted by Crippen LogP contribution is 2.28. The van der Waals surface area contributed by atoms with Crippen molar-refractivity contribution < 1.29 is 0 Å². The minimum atomic E-state index is -1.38. The normalized spacial score (nSPS) is 11.4. The molecule has 0 aromatic heterocycles. The van der Waals surface area contributed by atoms with Crippen molar-refractivity contribution in [3.05, 3.63) is 57.6 Å². The molecule has 2 aromatic carbocycles. The molecule has 2 rings (SSSR count). The molecule has 0 amide bonds. The maximum Gasteiger partial charge on any atom is 0.129 e. The van der Waals surface area contributed by atoms with Crippen LogP contribution in [0, 0.1) is 50.6 Å². The van der Waals surface area contributed by atoms with Gasteiger partial charge >= 0.3 is 0 Å². The molecule has 0 nitrogen and oxygen atoms in total. The Morgan fingerprint density at radius 2 is 0.750 bits per heavy atom. The van der Waals surface area contributed by atoms with E-state index in [1.54, 1.807) is 0 Å². The van der Waals surface area contributed by atoms with E-state index < -0.39 is 16.1 Å². The standard InChI is InChI=1S/C26H34Si2/c1-19-15-23(16-20(2)25(19)11-13-27(5,6)7)24-17-21(3)26(22(4)18-24)12-14-28(8,9)10/h15-18H,1-10H3. The summed E-state index contributed by atoms with van der Waals surface area (Å²) >= 11 is 0. The lowest BCUT2D eigenvalue weighted by molar-refractivity contribution is 1.32. The average molecular weight is 403 g/mol. The molecule has 0 heterocycles. The molecular weight excluding hydrogens is 368 g/mol. The van der Waals surface area contributed by atoms with Crippen LogP contribution in [0.5, 0.6) is 0 Å². The third-order valence-corrected chi connectivity index (χ3v) is 6.27. The molecule has 0 aliphatic heterocycles. The van der Waals surface area contributed by atoms with E-state index in [1.807, 2.05) is 0 Å². The second-order valence-corrected chi connectivity index (χ2v) is 19.5. The first-order valence-electron chi connectivity index (χ1n) is 10.1. The maximum atomic E-state index is 3.51. The second kappa shape index (κ2) is 8.16. The van der Waals surface area contributed by atoms with Gasteiger partial charge in [-0.3, -0.25) is 0 Å². The van der Waals surface area contributed by atoms with Gasteiger partial charge in [-0.1, -0.05) is 75.4 Å². The molecule has 2 aromatic rings. The van der Waals surface area contributed by atoms with Crippen molar-refractivity contribution in [2.75, 3.05) is 0 Å². The van der Waals surface area contributed by atoms with E-state index in [0.717, 1.165) is 0 Å². The van der Waals surface area contributed by atoms with E-state index in [1.165, 1.54) is 44.5 Å². The summed E-state index contributed by atoms with van der Waals surface area (Å²) in [6, 6.07) is 9.12. The van der Waals surface area contributed by atoms with Gasteiger partial charge in [0.05, 0.1) is 0 Å². The largest absolute Gasteiger partial charge is 0.129 e. The van der Waals surface area contributed by atoms with Gasteiger partial charge in [-0.25, -0.2) is 0 Å². The summed E-state index contributed by atoms with van der Waals surface area (Å²) in [6.07, 6.45) is 0. The zero-order chi connectivity index (χ0) is 21.3.